The van der Waals surface area contributed by atoms with Gasteiger partial charge in [0.1, 0.15) is 0 Å². The van der Waals surface area contributed by atoms with E-state index in [2.05, 4.69) is 5.32 Å². The van der Waals surface area contributed by atoms with E-state index in [0.717, 1.165) is 11.1 Å². The van der Waals surface area contributed by atoms with Gasteiger partial charge >= 0.3 is 12.0 Å². The molecule has 0 aliphatic carbocycles. The predicted octanol–water partition coefficient (Wildman–Crippen LogP) is 1.24. The first kappa shape index (κ1) is 16.0. The van der Waals surface area contributed by atoms with Crippen LogP contribution in [-0.2, 0) is 16.1 Å². The van der Waals surface area contributed by atoms with E-state index < -0.39 is 12.1 Å². The second-order valence-corrected chi connectivity index (χ2v) is 4.59. The Labute approximate surface area is 118 Å². The zero-order valence-corrected chi connectivity index (χ0v) is 11.9. The Morgan fingerprint density at radius 3 is 2.45 bits per heavy atom. The number of methoxy groups -OCH3 is 1. The molecule has 0 aliphatic rings. The minimum atomic E-state index is -1.10. The Balaban J connectivity index is 2.46. The van der Waals surface area contributed by atoms with Crippen LogP contribution in [0.2, 0.25) is 0 Å². The van der Waals surface area contributed by atoms with Crippen molar-refractivity contribution in [1.82, 2.24) is 10.2 Å². The van der Waals surface area contributed by atoms with Crippen molar-refractivity contribution >= 4 is 12.0 Å². The van der Waals surface area contributed by atoms with E-state index in [4.69, 9.17) is 9.84 Å². The van der Waals surface area contributed by atoms with Crippen molar-refractivity contribution in [1.29, 1.82) is 0 Å². The van der Waals surface area contributed by atoms with Gasteiger partial charge in [-0.25, -0.2) is 9.59 Å². The lowest BCUT2D eigenvalue weighted by Gasteiger charge is -2.19. The van der Waals surface area contributed by atoms with Crippen LogP contribution in [0.5, 0.6) is 0 Å². The second kappa shape index (κ2) is 7.49. The molecule has 2 amide bonds. The first-order chi connectivity index (χ1) is 9.43. The highest BCUT2D eigenvalue weighted by atomic mass is 16.5. The molecule has 0 fully saturated rings. The summed E-state index contributed by atoms with van der Waals surface area (Å²) in [6.07, 6.45) is -1.04. The summed E-state index contributed by atoms with van der Waals surface area (Å²) in [7, 11) is 2.94. The summed E-state index contributed by atoms with van der Waals surface area (Å²) in [6.45, 7) is 2.39. The van der Waals surface area contributed by atoms with Crippen molar-refractivity contribution < 1.29 is 19.4 Å². The van der Waals surface area contributed by atoms with Crippen molar-refractivity contribution in [2.24, 2.45) is 0 Å². The SMILES string of the molecule is COC(CNC(=O)N(C)Cc1ccc(C)cc1)C(=O)O. The van der Waals surface area contributed by atoms with Crippen LogP contribution >= 0.6 is 0 Å². The second-order valence-electron chi connectivity index (χ2n) is 4.59. The first-order valence-corrected chi connectivity index (χ1v) is 6.24. The lowest BCUT2D eigenvalue weighted by Crippen LogP contribution is -2.43. The molecule has 6 heteroatoms. The highest BCUT2D eigenvalue weighted by Crippen LogP contribution is 2.05. The molecule has 1 unspecified atom stereocenters. The van der Waals surface area contributed by atoms with Crippen LogP contribution in [0.3, 0.4) is 0 Å². The number of carboxylic acids is 1. The quantitative estimate of drug-likeness (QED) is 0.821. The lowest BCUT2D eigenvalue weighted by atomic mass is 10.1. The fraction of sp³-hybridized carbons (Fsp3) is 0.429. The zero-order valence-electron chi connectivity index (χ0n) is 11.9. The molecule has 1 aromatic rings. The molecule has 2 N–H and O–H groups in total. The van der Waals surface area contributed by atoms with Crippen molar-refractivity contribution in [3.05, 3.63) is 35.4 Å². The summed E-state index contributed by atoms with van der Waals surface area (Å²) in [4.78, 5) is 24.1. The molecule has 1 atom stereocenters. The van der Waals surface area contributed by atoms with E-state index in [1.54, 1.807) is 7.05 Å². The number of carbonyl (C=O) groups is 2. The number of aliphatic carboxylic acids is 1. The van der Waals surface area contributed by atoms with Gasteiger partial charge in [-0.2, -0.15) is 0 Å². The lowest BCUT2D eigenvalue weighted by molar-refractivity contribution is -0.148. The molecule has 0 spiro atoms. The topological polar surface area (TPSA) is 78.9 Å². The third-order valence-corrected chi connectivity index (χ3v) is 2.89. The number of hydrogen-bond donors (Lipinski definition) is 2. The van der Waals surface area contributed by atoms with Gasteiger partial charge in [-0.1, -0.05) is 29.8 Å². The minimum absolute atomic E-state index is 0.0666. The first-order valence-electron chi connectivity index (χ1n) is 6.24. The maximum atomic E-state index is 11.8. The number of nitrogens with zero attached hydrogens (tertiary/aromatic N) is 1. The number of amides is 2. The van der Waals surface area contributed by atoms with Crippen LogP contribution < -0.4 is 5.32 Å². The van der Waals surface area contributed by atoms with Gasteiger partial charge in [0, 0.05) is 20.7 Å². The standard InChI is InChI=1S/C14H20N2O4/c1-10-4-6-11(7-5-10)9-16(2)14(19)15-8-12(20-3)13(17)18/h4-7,12H,8-9H2,1-3H3,(H,15,19)(H,17,18). The maximum absolute atomic E-state index is 11.8. The average molecular weight is 280 g/mol. The molecule has 1 rings (SSSR count). The van der Waals surface area contributed by atoms with Gasteiger partial charge in [0.05, 0.1) is 6.54 Å². The van der Waals surface area contributed by atoms with Crippen LogP contribution in [0.1, 0.15) is 11.1 Å². The molecule has 110 valence electrons. The van der Waals surface area contributed by atoms with Gasteiger partial charge in [0.25, 0.3) is 0 Å². The van der Waals surface area contributed by atoms with E-state index in [1.807, 2.05) is 31.2 Å². The van der Waals surface area contributed by atoms with Gasteiger partial charge in [0.15, 0.2) is 6.10 Å². The molecule has 20 heavy (non-hydrogen) atoms. The highest BCUT2D eigenvalue weighted by Gasteiger charge is 2.18. The predicted molar refractivity (Wildman–Crippen MR) is 74.5 cm³/mol. The Kier molecular flexibility index (Phi) is 5.99. The molecule has 0 radical (unpaired) electrons. The minimum Gasteiger partial charge on any atom is -0.479 e. The molecular weight excluding hydrogens is 260 g/mol. The summed E-state index contributed by atoms with van der Waals surface area (Å²) in [5, 5.41) is 11.3. The third kappa shape index (κ3) is 4.89. The van der Waals surface area contributed by atoms with E-state index in [1.165, 1.54) is 12.0 Å². The van der Waals surface area contributed by atoms with Crippen LogP contribution in [-0.4, -0.2) is 48.8 Å². The molecule has 0 saturated carbocycles. The number of benzene rings is 1. The summed E-state index contributed by atoms with van der Waals surface area (Å²) >= 11 is 0. The Bertz CT molecular complexity index is 459. The Hall–Kier alpha value is -2.08. The fourth-order valence-electron chi connectivity index (χ4n) is 1.63. The molecule has 1 aromatic carbocycles. The highest BCUT2D eigenvalue weighted by molar-refractivity contribution is 5.76. The van der Waals surface area contributed by atoms with Crippen molar-refractivity contribution in [2.45, 2.75) is 19.6 Å². The maximum Gasteiger partial charge on any atom is 0.334 e. The smallest absolute Gasteiger partial charge is 0.334 e. The third-order valence-electron chi connectivity index (χ3n) is 2.89. The monoisotopic (exact) mass is 280 g/mol. The van der Waals surface area contributed by atoms with Crippen molar-refractivity contribution in [2.75, 3.05) is 20.7 Å². The Morgan fingerprint density at radius 1 is 1.35 bits per heavy atom. The number of hydrogen-bond acceptors (Lipinski definition) is 3. The molecule has 6 nitrogen and oxygen atoms in total. The molecule has 0 aliphatic heterocycles. The number of nitrogens with one attached hydrogen (secondary N) is 1. The number of carbonyl (C=O) groups excluding carboxylic acids is 1. The largest absolute Gasteiger partial charge is 0.479 e. The number of ether oxygens (including phenoxy) is 1. The van der Waals surface area contributed by atoms with Crippen LogP contribution in [0.25, 0.3) is 0 Å². The van der Waals surface area contributed by atoms with Crippen molar-refractivity contribution in [3.8, 4) is 0 Å². The van der Waals surface area contributed by atoms with E-state index >= 15 is 0 Å². The number of rotatable bonds is 6. The van der Waals surface area contributed by atoms with Gasteiger partial charge in [-0.05, 0) is 12.5 Å². The number of aryl methyl sites for hydroxylation is 1. The van der Waals surface area contributed by atoms with Gasteiger partial charge in [-0.15, -0.1) is 0 Å². The molecule has 0 aromatic heterocycles. The van der Waals surface area contributed by atoms with Crippen molar-refractivity contribution in [3.63, 3.8) is 0 Å². The van der Waals surface area contributed by atoms with Crippen LogP contribution in [0.4, 0.5) is 4.79 Å². The number of urea groups is 1. The summed E-state index contributed by atoms with van der Waals surface area (Å²) < 4.78 is 4.74. The van der Waals surface area contributed by atoms with Crippen LogP contribution in [0, 0.1) is 6.92 Å². The normalized spacial score (nSPS) is 11.8. The molecule has 0 bridgehead atoms. The van der Waals surface area contributed by atoms with Gasteiger partial charge < -0.3 is 20.1 Å². The van der Waals surface area contributed by atoms with Gasteiger partial charge in [0.2, 0.25) is 0 Å². The van der Waals surface area contributed by atoms with E-state index in [-0.39, 0.29) is 12.6 Å². The van der Waals surface area contributed by atoms with E-state index in [0.29, 0.717) is 6.54 Å². The summed E-state index contributed by atoms with van der Waals surface area (Å²) in [5.74, 6) is -1.10. The van der Waals surface area contributed by atoms with Crippen LogP contribution in [0.15, 0.2) is 24.3 Å². The summed E-state index contributed by atoms with van der Waals surface area (Å²) in [6, 6.07) is 7.52. The van der Waals surface area contributed by atoms with Gasteiger partial charge in [-0.3, -0.25) is 0 Å². The Morgan fingerprint density at radius 2 is 1.95 bits per heavy atom. The average Bonchev–Trinajstić information content (AvgIpc) is 2.41. The molecular formula is C14H20N2O4. The fourth-order valence-corrected chi connectivity index (χ4v) is 1.63. The molecule has 0 heterocycles. The summed E-state index contributed by atoms with van der Waals surface area (Å²) in [5.41, 5.74) is 2.17. The molecule has 0 saturated heterocycles. The number of carboxylic acid groups (broad SMARTS) is 1. The van der Waals surface area contributed by atoms with E-state index in [9.17, 15) is 9.59 Å². The zero-order chi connectivity index (χ0) is 15.1.